The van der Waals surface area contributed by atoms with Gasteiger partial charge in [0.25, 0.3) is 0 Å². The lowest BCUT2D eigenvalue weighted by Gasteiger charge is -2.37. The molecule has 0 atom stereocenters. The molecule has 1 N–H and O–H groups in total. The standard InChI is InChI=1S/C24H28ClN9/c1-15-5-8-22(30-29-15)34-11-9-18(10-12-34)32(3)23-20(25)14-26-24(28-23)27-17-6-7-19-16(2)33(4)31-21(19)13-17/h5-8,13-14,18H,9-12H2,1-4H3,(H,26,27,28). The second-order valence-corrected chi connectivity index (χ2v) is 9.20. The average molecular weight is 478 g/mol. The Morgan fingerprint density at radius 1 is 1.09 bits per heavy atom. The number of aryl methyl sites for hydroxylation is 3. The summed E-state index contributed by atoms with van der Waals surface area (Å²) < 4.78 is 1.89. The van der Waals surface area contributed by atoms with E-state index in [1.54, 1.807) is 6.20 Å². The highest BCUT2D eigenvalue weighted by Crippen LogP contribution is 2.30. The Balaban J connectivity index is 1.29. The van der Waals surface area contributed by atoms with Gasteiger partial charge in [0.2, 0.25) is 5.95 Å². The molecule has 0 amide bonds. The number of halogens is 1. The van der Waals surface area contributed by atoms with Crippen molar-refractivity contribution in [3.8, 4) is 0 Å². The first kappa shape index (κ1) is 22.3. The van der Waals surface area contributed by atoms with Crippen molar-refractivity contribution < 1.29 is 0 Å². The second-order valence-electron chi connectivity index (χ2n) is 8.79. The zero-order valence-corrected chi connectivity index (χ0v) is 20.6. The Kier molecular flexibility index (Phi) is 5.95. The van der Waals surface area contributed by atoms with Crippen LogP contribution in [0.5, 0.6) is 0 Å². The van der Waals surface area contributed by atoms with Crippen molar-refractivity contribution in [2.24, 2.45) is 7.05 Å². The maximum atomic E-state index is 6.52. The largest absolute Gasteiger partial charge is 0.355 e. The smallest absolute Gasteiger partial charge is 0.229 e. The Morgan fingerprint density at radius 3 is 2.62 bits per heavy atom. The zero-order chi connectivity index (χ0) is 23.8. The summed E-state index contributed by atoms with van der Waals surface area (Å²) in [6, 6.07) is 10.4. The molecule has 4 aromatic rings. The molecule has 4 heterocycles. The highest BCUT2D eigenvalue weighted by atomic mass is 35.5. The first-order chi connectivity index (χ1) is 16.4. The fourth-order valence-electron chi connectivity index (χ4n) is 4.42. The summed E-state index contributed by atoms with van der Waals surface area (Å²) in [5.74, 6) is 2.16. The molecule has 0 radical (unpaired) electrons. The van der Waals surface area contributed by atoms with Crippen molar-refractivity contribution in [2.75, 3.05) is 35.3 Å². The van der Waals surface area contributed by atoms with E-state index < -0.39 is 0 Å². The molecule has 0 aliphatic carbocycles. The molecule has 0 unspecified atom stereocenters. The third-order valence-electron chi connectivity index (χ3n) is 6.57. The maximum absolute atomic E-state index is 6.52. The first-order valence-electron chi connectivity index (χ1n) is 11.4. The summed E-state index contributed by atoms with van der Waals surface area (Å²) in [4.78, 5) is 13.6. The summed E-state index contributed by atoms with van der Waals surface area (Å²) in [5, 5.41) is 18.0. The van der Waals surface area contributed by atoms with E-state index in [2.05, 4.69) is 48.4 Å². The Morgan fingerprint density at radius 2 is 1.88 bits per heavy atom. The van der Waals surface area contributed by atoms with Gasteiger partial charge in [-0.25, -0.2) is 4.98 Å². The van der Waals surface area contributed by atoms with Crippen LogP contribution >= 0.6 is 11.6 Å². The SMILES string of the molecule is Cc1ccc(N2CCC(N(C)c3nc(Nc4ccc5c(C)n(C)nc5c4)ncc3Cl)CC2)nn1. The zero-order valence-electron chi connectivity index (χ0n) is 19.8. The van der Waals surface area contributed by atoms with Crippen LogP contribution in [0.2, 0.25) is 5.02 Å². The molecule has 10 heteroatoms. The number of hydrogen-bond donors (Lipinski definition) is 1. The number of fused-ring (bicyclic) bond motifs is 1. The fourth-order valence-corrected chi connectivity index (χ4v) is 4.64. The number of hydrogen-bond acceptors (Lipinski definition) is 8. The van der Waals surface area contributed by atoms with Crippen molar-refractivity contribution in [1.29, 1.82) is 0 Å². The van der Waals surface area contributed by atoms with Crippen molar-refractivity contribution in [1.82, 2.24) is 29.9 Å². The molecule has 9 nitrogen and oxygen atoms in total. The van der Waals surface area contributed by atoms with E-state index in [1.807, 2.05) is 50.0 Å². The number of nitrogens with zero attached hydrogens (tertiary/aromatic N) is 8. The van der Waals surface area contributed by atoms with Crippen molar-refractivity contribution >= 4 is 45.8 Å². The topological polar surface area (TPSA) is 87.9 Å². The van der Waals surface area contributed by atoms with Gasteiger partial charge in [-0.3, -0.25) is 4.68 Å². The summed E-state index contributed by atoms with van der Waals surface area (Å²) in [7, 11) is 4.00. The number of anilines is 4. The molecule has 176 valence electrons. The molecule has 1 fully saturated rings. The lowest BCUT2D eigenvalue weighted by molar-refractivity contribution is 0.477. The van der Waals surface area contributed by atoms with Gasteiger partial charge < -0.3 is 15.1 Å². The van der Waals surface area contributed by atoms with Crippen LogP contribution in [0.1, 0.15) is 24.2 Å². The minimum absolute atomic E-state index is 0.322. The molecule has 1 aromatic carbocycles. The maximum Gasteiger partial charge on any atom is 0.229 e. The molecule has 0 saturated carbocycles. The van der Waals surface area contributed by atoms with Gasteiger partial charge in [-0.2, -0.15) is 15.2 Å². The molecule has 1 saturated heterocycles. The fraction of sp³-hybridized carbons (Fsp3) is 0.375. The molecule has 0 bridgehead atoms. The highest BCUT2D eigenvalue weighted by Gasteiger charge is 2.26. The van der Waals surface area contributed by atoms with E-state index >= 15 is 0 Å². The summed E-state index contributed by atoms with van der Waals surface area (Å²) in [5.41, 5.74) is 3.88. The van der Waals surface area contributed by atoms with Gasteiger partial charge in [0.15, 0.2) is 11.6 Å². The molecular formula is C24H28ClN9. The summed E-state index contributed by atoms with van der Waals surface area (Å²) >= 11 is 6.52. The molecule has 34 heavy (non-hydrogen) atoms. The van der Waals surface area contributed by atoms with Crippen molar-refractivity contribution in [3.63, 3.8) is 0 Å². The number of piperidine rings is 1. The van der Waals surface area contributed by atoms with Crippen LogP contribution in [0.15, 0.2) is 36.5 Å². The number of aromatic nitrogens is 6. The molecule has 1 aliphatic rings. The van der Waals surface area contributed by atoms with Crippen LogP contribution in [0.4, 0.5) is 23.3 Å². The Hall–Kier alpha value is -3.46. The van der Waals surface area contributed by atoms with E-state index in [4.69, 9.17) is 16.6 Å². The predicted octanol–water partition coefficient (Wildman–Crippen LogP) is 4.27. The third-order valence-corrected chi connectivity index (χ3v) is 6.83. The van der Waals surface area contributed by atoms with Gasteiger partial charge in [0.1, 0.15) is 5.02 Å². The Bertz CT molecular complexity index is 1310. The van der Waals surface area contributed by atoms with Gasteiger partial charge in [0.05, 0.1) is 17.4 Å². The predicted molar refractivity (Wildman–Crippen MR) is 136 cm³/mol. The molecule has 1 aliphatic heterocycles. The quantitative estimate of drug-likeness (QED) is 0.456. The molecule has 0 spiro atoms. The van der Waals surface area contributed by atoms with Gasteiger partial charge in [-0.15, -0.1) is 5.10 Å². The van der Waals surface area contributed by atoms with E-state index in [9.17, 15) is 0 Å². The second kappa shape index (κ2) is 9.06. The third kappa shape index (κ3) is 4.35. The van der Waals surface area contributed by atoms with Crippen LogP contribution in [-0.2, 0) is 7.05 Å². The highest BCUT2D eigenvalue weighted by molar-refractivity contribution is 6.32. The van der Waals surface area contributed by atoms with E-state index in [0.717, 1.165) is 65.5 Å². The monoisotopic (exact) mass is 477 g/mol. The van der Waals surface area contributed by atoms with Crippen LogP contribution in [0.3, 0.4) is 0 Å². The minimum atomic E-state index is 0.322. The Labute approximate surface area is 203 Å². The van der Waals surface area contributed by atoms with Gasteiger partial charge >= 0.3 is 0 Å². The summed E-state index contributed by atoms with van der Waals surface area (Å²) in [6.45, 7) is 5.82. The lowest BCUT2D eigenvalue weighted by Crippen LogP contribution is -2.44. The number of nitrogens with one attached hydrogen (secondary N) is 1. The van der Waals surface area contributed by atoms with Gasteiger partial charge in [-0.1, -0.05) is 11.6 Å². The van der Waals surface area contributed by atoms with Crippen molar-refractivity contribution in [3.05, 3.63) is 52.9 Å². The van der Waals surface area contributed by atoms with E-state index in [-0.39, 0.29) is 0 Å². The van der Waals surface area contributed by atoms with Crippen LogP contribution in [-0.4, -0.2) is 56.1 Å². The van der Waals surface area contributed by atoms with Crippen molar-refractivity contribution in [2.45, 2.75) is 32.7 Å². The van der Waals surface area contributed by atoms with Crippen LogP contribution in [0, 0.1) is 13.8 Å². The van der Waals surface area contributed by atoms with E-state index in [0.29, 0.717) is 17.0 Å². The number of benzene rings is 1. The molecular weight excluding hydrogens is 450 g/mol. The van der Waals surface area contributed by atoms with E-state index in [1.165, 1.54) is 0 Å². The minimum Gasteiger partial charge on any atom is -0.355 e. The molecule has 5 rings (SSSR count). The first-order valence-corrected chi connectivity index (χ1v) is 11.8. The lowest BCUT2D eigenvalue weighted by atomic mass is 10.0. The average Bonchev–Trinajstić information content (AvgIpc) is 3.13. The van der Waals surface area contributed by atoms with Gasteiger partial charge in [0, 0.05) is 50.0 Å². The summed E-state index contributed by atoms with van der Waals surface area (Å²) in [6.07, 6.45) is 3.61. The normalized spacial score (nSPS) is 14.6. The van der Waals surface area contributed by atoms with Gasteiger partial charge in [-0.05, 0) is 57.0 Å². The van der Waals surface area contributed by atoms with Crippen LogP contribution < -0.4 is 15.1 Å². The molecule has 3 aromatic heterocycles. The van der Waals surface area contributed by atoms with Crippen LogP contribution in [0.25, 0.3) is 10.9 Å². The number of rotatable bonds is 5.